The molecule has 1 saturated carbocycles. The number of rotatable bonds is 7. The molecule has 2 rings (SSSR count). The van der Waals surface area contributed by atoms with Gasteiger partial charge in [0.15, 0.2) is 0 Å². The van der Waals surface area contributed by atoms with Crippen LogP contribution in [0.3, 0.4) is 0 Å². The van der Waals surface area contributed by atoms with Gasteiger partial charge in [-0.1, -0.05) is 56.5 Å². The second-order valence-corrected chi connectivity index (χ2v) is 6.70. The maximum Gasteiger partial charge on any atom is 0.225 e. The highest BCUT2D eigenvalue weighted by molar-refractivity contribution is 5.78. The summed E-state index contributed by atoms with van der Waals surface area (Å²) in [5.74, 6) is 1.51. The summed E-state index contributed by atoms with van der Waals surface area (Å²) in [5.41, 5.74) is 1.23. The van der Waals surface area contributed by atoms with Crippen molar-refractivity contribution in [1.82, 2.24) is 4.90 Å². The van der Waals surface area contributed by atoms with Gasteiger partial charge >= 0.3 is 0 Å². The third kappa shape index (κ3) is 4.86. The van der Waals surface area contributed by atoms with E-state index in [1.54, 1.807) is 0 Å². The number of hydrogen-bond donors (Lipinski definition) is 0. The highest BCUT2D eigenvalue weighted by atomic mass is 16.2. The number of hydrogen-bond acceptors (Lipinski definition) is 1. The van der Waals surface area contributed by atoms with E-state index in [0.29, 0.717) is 5.91 Å². The summed E-state index contributed by atoms with van der Waals surface area (Å²) in [6.45, 7) is 5.92. The maximum absolute atomic E-state index is 12.8. The molecule has 0 spiro atoms. The number of unbranched alkanes of at least 4 members (excludes halogenated alkanes) is 1. The molecule has 1 aliphatic carbocycles. The molecule has 0 unspecified atom stereocenters. The van der Waals surface area contributed by atoms with Gasteiger partial charge in [0.1, 0.15) is 0 Å². The minimum Gasteiger partial charge on any atom is -0.338 e. The maximum atomic E-state index is 12.8. The lowest BCUT2D eigenvalue weighted by Crippen LogP contribution is -2.37. The molecule has 0 heterocycles. The van der Waals surface area contributed by atoms with Crippen LogP contribution in [0.5, 0.6) is 0 Å². The van der Waals surface area contributed by atoms with Crippen molar-refractivity contribution in [3.05, 3.63) is 35.9 Å². The standard InChI is InChI=1S/C20H31NO/c1-3-5-9-17-12-14-19(15-13-17)20(22)21(4-2)16-18-10-7-6-8-11-18/h6-8,10-11,17,19H,3-5,9,12-16H2,1-2H3. The van der Waals surface area contributed by atoms with E-state index in [1.807, 2.05) is 23.1 Å². The van der Waals surface area contributed by atoms with Gasteiger partial charge in [-0.25, -0.2) is 0 Å². The smallest absolute Gasteiger partial charge is 0.225 e. The third-order valence-corrected chi connectivity index (χ3v) is 5.07. The molecule has 0 saturated heterocycles. The Balaban J connectivity index is 1.84. The van der Waals surface area contributed by atoms with Crippen LogP contribution < -0.4 is 0 Å². The lowest BCUT2D eigenvalue weighted by Gasteiger charge is -2.32. The van der Waals surface area contributed by atoms with Gasteiger partial charge in [0, 0.05) is 19.0 Å². The van der Waals surface area contributed by atoms with Crippen LogP contribution >= 0.6 is 0 Å². The van der Waals surface area contributed by atoms with Crippen LogP contribution in [0.4, 0.5) is 0 Å². The molecule has 0 aromatic heterocycles. The molecule has 1 aromatic carbocycles. The second-order valence-electron chi connectivity index (χ2n) is 6.70. The van der Waals surface area contributed by atoms with E-state index < -0.39 is 0 Å². The van der Waals surface area contributed by atoms with Crippen LogP contribution in [0.2, 0.25) is 0 Å². The largest absolute Gasteiger partial charge is 0.338 e. The second kappa shape index (κ2) is 8.97. The zero-order valence-electron chi connectivity index (χ0n) is 14.3. The predicted octanol–water partition coefficient (Wildman–Crippen LogP) is 5.03. The number of carbonyl (C=O) groups excluding carboxylic acids is 1. The summed E-state index contributed by atoms with van der Waals surface area (Å²) in [4.78, 5) is 14.8. The van der Waals surface area contributed by atoms with Gasteiger partial charge in [-0.2, -0.15) is 0 Å². The lowest BCUT2D eigenvalue weighted by molar-refractivity contribution is -0.137. The predicted molar refractivity (Wildman–Crippen MR) is 92.5 cm³/mol. The average molecular weight is 301 g/mol. The zero-order chi connectivity index (χ0) is 15.8. The quantitative estimate of drug-likeness (QED) is 0.691. The fourth-order valence-corrected chi connectivity index (χ4v) is 3.60. The molecule has 0 bridgehead atoms. The van der Waals surface area contributed by atoms with Crippen LogP contribution in [-0.4, -0.2) is 17.4 Å². The first-order chi connectivity index (χ1) is 10.7. The highest BCUT2D eigenvalue weighted by Gasteiger charge is 2.28. The average Bonchev–Trinajstić information content (AvgIpc) is 2.58. The van der Waals surface area contributed by atoms with Crippen molar-refractivity contribution in [2.24, 2.45) is 11.8 Å². The normalized spacial score (nSPS) is 21.5. The molecule has 0 atom stereocenters. The van der Waals surface area contributed by atoms with Gasteiger partial charge in [-0.15, -0.1) is 0 Å². The van der Waals surface area contributed by atoms with Gasteiger partial charge in [0.2, 0.25) is 5.91 Å². The number of nitrogens with zero attached hydrogens (tertiary/aromatic N) is 1. The van der Waals surface area contributed by atoms with Crippen LogP contribution in [0, 0.1) is 11.8 Å². The van der Waals surface area contributed by atoms with Crippen LogP contribution in [-0.2, 0) is 11.3 Å². The van der Waals surface area contributed by atoms with Gasteiger partial charge in [-0.3, -0.25) is 4.79 Å². The van der Waals surface area contributed by atoms with Crippen LogP contribution in [0.1, 0.15) is 64.4 Å². The molecule has 2 nitrogen and oxygen atoms in total. The fourth-order valence-electron chi connectivity index (χ4n) is 3.60. The van der Waals surface area contributed by atoms with E-state index in [-0.39, 0.29) is 5.92 Å². The molecule has 0 aliphatic heterocycles. The molecule has 0 N–H and O–H groups in total. The Morgan fingerprint density at radius 3 is 2.36 bits per heavy atom. The van der Waals surface area contributed by atoms with Crippen molar-refractivity contribution in [1.29, 1.82) is 0 Å². The molecular formula is C20H31NO. The van der Waals surface area contributed by atoms with Crippen molar-refractivity contribution < 1.29 is 4.79 Å². The number of benzene rings is 1. The monoisotopic (exact) mass is 301 g/mol. The van der Waals surface area contributed by atoms with E-state index >= 15 is 0 Å². The summed E-state index contributed by atoms with van der Waals surface area (Å²) in [6.07, 6.45) is 8.69. The minimum absolute atomic E-state index is 0.265. The molecule has 1 aromatic rings. The number of amides is 1. The third-order valence-electron chi connectivity index (χ3n) is 5.07. The van der Waals surface area contributed by atoms with Crippen LogP contribution in [0.25, 0.3) is 0 Å². The zero-order valence-corrected chi connectivity index (χ0v) is 14.3. The number of carbonyl (C=O) groups is 1. The first-order valence-corrected chi connectivity index (χ1v) is 9.07. The van der Waals surface area contributed by atoms with Crippen molar-refractivity contribution >= 4 is 5.91 Å². The minimum atomic E-state index is 0.265. The topological polar surface area (TPSA) is 20.3 Å². The lowest BCUT2D eigenvalue weighted by atomic mass is 9.79. The molecular weight excluding hydrogens is 270 g/mol. The summed E-state index contributed by atoms with van der Waals surface area (Å²) in [5, 5.41) is 0. The Bertz CT molecular complexity index is 434. The summed E-state index contributed by atoms with van der Waals surface area (Å²) in [7, 11) is 0. The molecule has 1 fully saturated rings. The van der Waals surface area contributed by atoms with E-state index in [9.17, 15) is 4.79 Å². The van der Waals surface area contributed by atoms with Gasteiger partial charge in [0.05, 0.1) is 0 Å². The van der Waals surface area contributed by atoms with Crippen molar-refractivity contribution in [3.63, 3.8) is 0 Å². The Morgan fingerprint density at radius 1 is 1.09 bits per heavy atom. The Hall–Kier alpha value is -1.31. The molecule has 0 radical (unpaired) electrons. The van der Waals surface area contributed by atoms with E-state index in [4.69, 9.17) is 0 Å². The first kappa shape index (κ1) is 17.1. The molecule has 1 amide bonds. The summed E-state index contributed by atoms with van der Waals surface area (Å²) < 4.78 is 0. The molecule has 122 valence electrons. The van der Waals surface area contributed by atoms with Gasteiger partial charge in [0.25, 0.3) is 0 Å². The van der Waals surface area contributed by atoms with Crippen LogP contribution in [0.15, 0.2) is 30.3 Å². The Morgan fingerprint density at radius 2 is 1.77 bits per heavy atom. The van der Waals surface area contributed by atoms with E-state index in [2.05, 4.69) is 26.0 Å². The summed E-state index contributed by atoms with van der Waals surface area (Å²) >= 11 is 0. The van der Waals surface area contributed by atoms with Crippen molar-refractivity contribution in [3.8, 4) is 0 Å². The molecule has 22 heavy (non-hydrogen) atoms. The Labute approximate surface area is 135 Å². The van der Waals surface area contributed by atoms with E-state index in [0.717, 1.165) is 31.8 Å². The van der Waals surface area contributed by atoms with Gasteiger partial charge < -0.3 is 4.90 Å². The highest BCUT2D eigenvalue weighted by Crippen LogP contribution is 2.33. The fraction of sp³-hybridized carbons (Fsp3) is 0.650. The van der Waals surface area contributed by atoms with Crippen molar-refractivity contribution in [2.45, 2.75) is 65.3 Å². The van der Waals surface area contributed by atoms with E-state index in [1.165, 1.54) is 37.7 Å². The molecule has 2 heteroatoms. The first-order valence-electron chi connectivity index (χ1n) is 9.07. The molecule has 1 aliphatic rings. The summed E-state index contributed by atoms with van der Waals surface area (Å²) in [6, 6.07) is 10.3. The van der Waals surface area contributed by atoms with Gasteiger partial charge in [-0.05, 0) is 44.1 Å². The SMILES string of the molecule is CCCCC1CCC(C(=O)N(CC)Cc2ccccc2)CC1. The Kier molecular flexibility index (Phi) is 6.95. The van der Waals surface area contributed by atoms with Crippen molar-refractivity contribution in [2.75, 3.05) is 6.54 Å².